The number of rotatable bonds is 14. The number of nitriles is 1. The summed E-state index contributed by atoms with van der Waals surface area (Å²) in [6, 6.07) is 15.1. The molecule has 4 rings (SSSR count). The van der Waals surface area contributed by atoms with Crippen LogP contribution in [0.5, 0.6) is 23.0 Å². The number of hydrogen-bond donors (Lipinski definition) is 6. The first kappa shape index (κ1) is 36.2. The number of para-hydroxylation sites is 1. The molecule has 0 saturated carbocycles. The number of aliphatic hydroxyl groups is 1. The smallest absolute Gasteiger partial charge is 0.391 e. The maximum atomic E-state index is 13.8. The second-order valence-corrected chi connectivity index (χ2v) is 13.9. The highest BCUT2D eigenvalue weighted by molar-refractivity contribution is 7.92. The molecule has 1 aromatic heterocycles. The van der Waals surface area contributed by atoms with Crippen LogP contribution in [0.15, 0.2) is 64.9 Å². The van der Waals surface area contributed by atoms with Crippen LogP contribution < -0.4 is 29.8 Å². The molecule has 14 nitrogen and oxygen atoms in total. The molecule has 4 aromatic rings. The number of thiophene rings is 1. The molecule has 46 heavy (non-hydrogen) atoms. The number of phenolic OH excluding ortho intramolecular Hbond substituents is 1. The highest BCUT2D eigenvalue weighted by atomic mass is 32.2. The summed E-state index contributed by atoms with van der Waals surface area (Å²) in [4.78, 5) is 22.5. The summed E-state index contributed by atoms with van der Waals surface area (Å²) in [5.41, 5.74) is 3.56. The van der Waals surface area contributed by atoms with Crippen molar-refractivity contribution in [1.82, 2.24) is 10.0 Å². The first-order valence-electron chi connectivity index (χ1n) is 13.3. The Kier molecular flexibility index (Phi) is 12.9. The Balaban J connectivity index is 0.00000282. The molecule has 18 heteroatoms. The number of amides is 1. The lowest BCUT2D eigenvalue weighted by atomic mass is 10.2. The number of nitrogens with zero attached hydrogens (tertiary/aromatic N) is 1. The maximum absolute atomic E-state index is 13.8. The number of halogens is 1. The quantitative estimate of drug-likeness (QED) is 0.0826. The molecule has 0 bridgehead atoms. The third kappa shape index (κ3) is 9.61. The molecule has 1 atom stereocenters. The summed E-state index contributed by atoms with van der Waals surface area (Å²) in [7, 11) is -7.90. The summed E-state index contributed by atoms with van der Waals surface area (Å²) in [6.07, 6.45) is -1.01. The van der Waals surface area contributed by atoms with Gasteiger partial charge in [-0.25, -0.2) is 17.4 Å². The van der Waals surface area contributed by atoms with Crippen molar-refractivity contribution < 1.29 is 57.0 Å². The van der Waals surface area contributed by atoms with E-state index in [0.29, 0.717) is 22.4 Å². The predicted molar refractivity (Wildman–Crippen MR) is 166 cm³/mol. The number of carbonyl (C=O) groups excluding carboxylic acids is 1. The van der Waals surface area contributed by atoms with Crippen LogP contribution in [-0.4, -0.2) is 69.1 Å². The first-order chi connectivity index (χ1) is 21.9. The Morgan fingerprint density at radius 3 is 2.46 bits per heavy atom. The van der Waals surface area contributed by atoms with Crippen molar-refractivity contribution in [2.24, 2.45) is 0 Å². The van der Waals surface area contributed by atoms with E-state index in [0.717, 1.165) is 36.6 Å². The summed E-state index contributed by atoms with van der Waals surface area (Å²) in [6.45, 7) is 0.808. The summed E-state index contributed by atoms with van der Waals surface area (Å²) in [5, 5.41) is 28.8. The molecule has 246 valence electrons. The zero-order valence-electron chi connectivity index (χ0n) is 24.3. The lowest BCUT2D eigenvalue weighted by Gasteiger charge is -2.14. The fourth-order valence-corrected chi connectivity index (χ4v) is 7.68. The molecule has 0 fully saturated rings. The molecule has 0 aliphatic rings. The molecular formula is C28H31FN4O10PS2+. The number of quaternary nitrogens is 1. The summed E-state index contributed by atoms with van der Waals surface area (Å²) in [5.74, 6) is -1.37. The van der Waals surface area contributed by atoms with Gasteiger partial charge in [0.25, 0.3) is 15.9 Å². The monoisotopic (exact) mass is 697 g/mol. The number of sulfonamides is 1. The first-order valence-corrected chi connectivity index (χ1v) is 17.3. The zero-order valence-corrected chi connectivity index (χ0v) is 26.8. The van der Waals surface area contributed by atoms with Gasteiger partial charge in [-0.2, -0.15) is 9.98 Å². The fraction of sp³-hybridized carbons (Fsp3) is 0.214. The van der Waals surface area contributed by atoms with E-state index in [2.05, 4.69) is 11.1 Å². The van der Waals surface area contributed by atoms with Gasteiger partial charge in [0.1, 0.15) is 53.6 Å². The average molecular weight is 698 g/mol. The van der Waals surface area contributed by atoms with E-state index in [4.69, 9.17) is 24.4 Å². The van der Waals surface area contributed by atoms with Crippen molar-refractivity contribution in [2.45, 2.75) is 4.21 Å². The zero-order chi connectivity index (χ0) is 33.9. The Morgan fingerprint density at radius 1 is 1.09 bits per heavy atom. The molecule has 3 aromatic carbocycles. The Hall–Kier alpha value is -4.27. The van der Waals surface area contributed by atoms with Gasteiger partial charge in [0, 0.05) is 23.9 Å². The number of nitrogens with one attached hydrogen (secondary N) is 2. The molecular weight excluding hydrogens is 666 g/mol. The highest BCUT2D eigenvalue weighted by Crippen LogP contribution is 2.43. The number of phenols is 1. The van der Waals surface area contributed by atoms with Crippen molar-refractivity contribution in [3.63, 3.8) is 0 Å². The minimum atomic E-state index is -4.61. The lowest BCUT2D eigenvalue weighted by Crippen LogP contribution is -2.52. The van der Waals surface area contributed by atoms with Crippen LogP contribution in [0.1, 0.15) is 15.9 Å². The molecule has 1 heterocycles. The van der Waals surface area contributed by atoms with Gasteiger partial charge in [0.05, 0.1) is 17.7 Å². The van der Waals surface area contributed by atoms with Crippen LogP contribution in [0.4, 0.5) is 4.39 Å². The largest absolute Gasteiger partial charge is 0.507 e. The van der Waals surface area contributed by atoms with Gasteiger partial charge in [-0.1, -0.05) is 12.1 Å². The van der Waals surface area contributed by atoms with Crippen LogP contribution in [0.25, 0.3) is 10.1 Å². The lowest BCUT2D eigenvalue weighted by molar-refractivity contribution is -0.370. The Labute approximate surface area is 267 Å². The van der Waals surface area contributed by atoms with Crippen molar-refractivity contribution in [2.75, 3.05) is 39.7 Å². The molecule has 1 unspecified atom stereocenters. The van der Waals surface area contributed by atoms with Gasteiger partial charge in [-0.05, 0) is 41.8 Å². The number of fused-ring (bicyclic) bond motifs is 1. The molecule has 1 amide bonds. The van der Waals surface area contributed by atoms with Crippen molar-refractivity contribution in [3.8, 4) is 29.1 Å². The minimum Gasteiger partial charge on any atom is -0.507 e. The standard InChI is InChI=1S/C27H26FN4O9PS2.CH4O/c28-21-13-19(6-5-17(21)15-30)41-42(35,36)16-32-44(37,38)26-12-18-11-23(24(39-9-7-29)14-25(18)43-26)40-10-8-31-27(34)20-3-1-2-4-22(20)33;1-2/h1-6,11-14,32-33H,7-10,16,29H2,(H,31,34)(H,35,36);2H,1H3/p+1. The van der Waals surface area contributed by atoms with E-state index in [9.17, 15) is 32.2 Å². The summed E-state index contributed by atoms with van der Waals surface area (Å²) < 4.78 is 71.1. The summed E-state index contributed by atoms with van der Waals surface area (Å²) >= 11 is 0.878. The Bertz CT molecular complexity index is 1880. The second kappa shape index (κ2) is 16.3. The number of hydrogen-bond acceptors (Lipinski definition) is 11. The molecule has 0 spiro atoms. The SMILES string of the molecule is CO.N#Cc1ccc(OP(=O)(O)CNS(=O)(=O)c2cc3cc(OCCNC(=O)c4ccccc4O)c(OCC[NH3+])cc3s2)cc1F. The van der Waals surface area contributed by atoms with E-state index in [1.807, 2.05) is 4.72 Å². The number of aromatic hydroxyl groups is 1. The van der Waals surface area contributed by atoms with Gasteiger partial charge >= 0.3 is 7.60 Å². The predicted octanol–water partition coefficient (Wildman–Crippen LogP) is 2.16. The number of benzene rings is 3. The maximum Gasteiger partial charge on any atom is 0.391 e. The van der Waals surface area contributed by atoms with E-state index >= 15 is 0 Å². The van der Waals surface area contributed by atoms with Crippen LogP contribution in [0, 0.1) is 17.1 Å². The fourth-order valence-electron chi connectivity index (χ4n) is 3.73. The van der Waals surface area contributed by atoms with Crippen LogP contribution >= 0.6 is 18.9 Å². The van der Waals surface area contributed by atoms with Crippen molar-refractivity contribution >= 4 is 44.9 Å². The number of carbonyl (C=O) groups is 1. The van der Waals surface area contributed by atoms with E-state index in [-0.39, 0.29) is 52.3 Å². The Morgan fingerprint density at radius 2 is 1.78 bits per heavy atom. The van der Waals surface area contributed by atoms with E-state index < -0.39 is 35.6 Å². The van der Waals surface area contributed by atoms with Gasteiger partial charge in [-0.3, -0.25) is 4.79 Å². The molecule has 0 aliphatic heterocycles. The van der Waals surface area contributed by atoms with E-state index in [1.54, 1.807) is 30.3 Å². The highest BCUT2D eigenvalue weighted by Gasteiger charge is 2.27. The van der Waals surface area contributed by atoms with Crippen molar-refractivity contribution in [3.05, 3.63) is 77.6 Å². The minimum absolute atomic E-state index is 0.0251. The molecule has 0 radical (unpaired) electrons. The van der Waals surface area contributed by atoms with Gasteiger partial charge in [0.2, 0.25) is 0 Å². The van der Waals surface area contributed by atoms with Crippen LogP contribution in [0.2, 0.25) is 0 Å². The molecule has 0 saturated heterocycles. The number of aliphatic hydroxyl groups excluding tert-OH is 1. The van der Waals surface area contributed by atoms with Gasteiger partial charge in [-0.15, -0.1) is 11.3 Å². The topological polar surface area (TPSA) is 232 Å². The van der Waals surface area contributed by atoms with Crippen LogP contribution in [0.3, 0.4) is 0 Å². The van der Waals surface area contributed by atoms with Crippen molar-refractivity contribution in [1.29, 1.82) is 5.26 Å². The number of ether oxygens (including phenoxy) is 2. The van der Waals surface area contributed by atoms with E-state index in [1.165, 1.54) is 18.2 Å². The second-order valence-electron chi connectivity index (χ2n) is 9.01. The van der Waals surface area contributed by atoms with Gasteiger partial charge < -0.3 is 40.2 Å². The molecule has 8 N–H and O–H groups in total. The molecule has 0 aliphatic carbocycles. The normalized spacial score (nSPS) is 12.3. The average Bonchev–Trinajstić information content (AvgIpc) is 3.46. The third-order valence-corrected chi connectivity index (χ3v) is 10.0. The third-order valence-electron chi connectivity index (χ3n) is 5.78. The van der Waals surface area contributed by atoms with Crippen LogP contribution in [-0.2, 0) is 14.6 Å². The van der Waals surface area contributed by atoms with Gasteiger partial charge in [0.15, 0.2) is 11.5 Å².